The van der Waals surface area contributed by atoms with Crippen LogP contribution in [-0.4, -0.2) is 36.3 Å². The number of methoxy groups -OCH3 is 1. The lowest BCUT2D eigenvalue weighted by atomic mass is 10.1. The average molecular weight is 321 g/mol. The molecule has 7 heteroatoms. The van der Waals surface area contributed by atoms with Crippen molar-refractivity contribution >= 4 is 10.0 Å². The highest BCUT2D eigenvalue weighted by atomic mass is 32.2. The summed E-state index contributed by atoms with van der Waals surface area (Å²) in [6.07, 6.45) is 2.22. The number of hydrogen-bond acceptors (Lipinski definition) is 4. The van der Waals surface area contributed by atoms with Gasteiger partial charge in [-0.15, -0.1) is 0 Å². The zero-order valence-electron chi connectivity index (χ0n) is 12.9. The topological polar surface area (TPSA) is 75.3 Å². The summed E-state index contributed by atoms with van der Waals surface area (Å²) in [6.45, 7) is 4.58. The van der Waals surface area contributed by atoms with Crippen LogP contribution in [0, 0.1) is 13.8 Å². The fourth-order valence-corrected chi connectivity index (χ4v) is 4.29. The zero-order chi connectivity index (χ0) is 15.9. The van der Waals surface area contributed by atoms with E-state index in [2.05, 4.69) is 9.97 Å². The Morgan fingerprint density at radius 1 is 1.27 bits per heavy atom. The van der Waals surface area contributed by atoms with E-state index in [0.717, 1.165) is 22.5 Å². The van der Waals surface area contributed by atoms with E-state index >= 15 is 0 Å². The molecule has 0 unspecified atom stereocenters. The van der Waals surface area contributed by atoms with Crippen molar-refractivity contribution in [1.29, 1.82) is 0 Å². The number of benzene rings is 1. The predicted octanol–water partition coefficient (Wildman–Crippen LogP) is 1.78. The molecule has 6 nitrogen and oxygen atoms in total. The molecule has 0 atom stereocenters. The van der Waals surface area contributed by atoms with Gasteiger partial charge < -0.3 is 9.72 Å². The zero-order valence-corrected chi connectivity index (χ0v) is 13.7. The third-order valence-corrected chi connectivity index (χ3v) is 6.00. The van der Waals surface area contributed by atoms with Gasteiger partial charge in [-0.3, -0.25) is 0 Å². The maximum atomic E-state index is 13.0. The number of nitrogens with zero attached hydrogens (tertiary/aromatic N) is 2. The third-order valence-electron chi connectivity index (χ3n) is 4.14. The minimum atomic E-state index is -3.60. The fourth-order valence-electron chi connectivity index (χ4n) is 2.66. The highest BCUT2D eigenvalue weighted by Crippen LogP contribution is 2.31. The summed E-state index contributed by atoms with van der Waals surface area (Å²) in [7, 11) is -2.11. The first-order valence-corrected chi connectivity index (χ1v) is 8.54. The second-order valence-electron chi connectivity index (χ2n) is 5.50. The molecule has 1 N–H and O–H groups in total. The Labute approximate surface area is 130 Å². The van der Waals surface area contributed by atoms with Crippen LogP contribution in [0.2, 0.25) is 0 Å². The van der Waals surface area contributed by atoms with Gasteiger partial charge in [-0.05, 0) is 37.1 Å². The molecule has 0 amide bonds. The molecule has 0 saturated carbocycles. The Hall–Kier alpha value is -1.86. The van der Waals surface area contributed by atoms with Crippen LogP contribution >= 0.6 is 0 Å². The molecule has 2 aromatic rings. The SMILES string of the molecule is COc1cc(C)c(C)cc1S(=O)(=O)N1CCc2nc[nH]c2C1. The summed E-state index contributed by atoms with van der Waals surface area (Å²) >= 11 is 0. The van der Waals surface area contributed by atoms with E-state index in [1.54, 1.807) is 18.5 Å². The van der Waals surface area contributed by atoms with Gasteiger partial charge in [0.2, 0.25) is 10.0 Å². The smallest absolute Gasteiger partial charge is 0.247 e. The predicted molar refractivity (Wildman–Crippen MR) is 82.4 cm³/mol. The lowest BCUT2D eigenvalue weighted by Crippen LogP contribution is -2.36. The van der Waals surface area contributed by atoms with Crippen molar-refractivity contribution in [1.82, 2.24) is 14.3 Å². The summed E-state index contributed by atoms with van der Waals surface area (Å²) < 4.78 is 32.7. The standard InChI is InChI=1S/C15H19N3O3S/c1-10-6-14(21-3)15(7-11(10)2)22(19,20)18-5-4-12-13(8-18)17-9-16-12/h6-7,9H,4-5,8H2,1-3H3,(H,16,17). The number of nitrogens with one attached hydrogen (secondary N) is 1. The van der Waals surface area contributed by atoms with E-state index in [9.17, 15) is 8.42 Å². The van der Waals surface area contributed by atoms with E-state index < -0.39 is 10.0 Å². The number of imidazole rings is 1. The first kappa shape index (κ1) is 15.1. The van der Waals surface area contributed by atoms with Gasteiger partial charge in [-0.2, -0.15) is 4.31 Å². The second-order valence-corrected chi connectivity index (χ2v) is 7.41. The molecule has 22 heavy (non-hydrogen) atoms. The molecule has 2 heterocycles. The molecule has 0 saturated heterocycles. The van der Waals surface area contributed by atoms with Crippen molar-refractivity contribution in [3.8, 4) is 5.75 Å². The first-order valence-electron chi connectivity index (χ1n) is 7.10. The van der Waals surface area contributed by atoms with E-state index in [1.165, 1.54) is 11.4 Å². The molecule has 1 aliphatic heterocycles. The molecule has 118 valence electrons. The number of aromatic nitrogens is 2. The number of aryl methyl sites for hydroxylation is 2. The highest BCUT2D eigenvalue weighted by Gasteiger charge is 2.32. The van der Waals surface area contributed by atoms with Crippen molar-refractivity contribution < 1.29 is 13.2 Å². The number of fused-ring (bicyclic) bond motifs is 1. The van der Waals surface area contributed by atoms with Crippen LogP contribution in [0.15, 0.2) is 23.4 Å². The Bertz CT molecular complexity index is 811. The summed E-state index contributed by atoms with van der Waals surface area (Å²) in [4.78, 5) is 7.44. The van der Waals surface area contributed by atoms with Gasteiger partial charge in [-0.25, -0.2) is 13.4 Å². The van der Waals surface area contributed by atoms with E-state index in [-0.39, 0.29) is 4.90 Å². The fraction of sp³-hybridized carbons (Fsp3) is 0.400. The van der Waals surface area contributed by atoms with Crippen LogP contribution in [0.3, 0.4) is 0 Å². The summed E-state index contributed by atoms with van der Waals surface area (Å²) in [5.41, 5.74) is 3.74. The Kier molecular flexibility index (Phi) is 3.70. The first-order chi connectivity index (χ1) is 10.4. The number of aromatic amines is 1. The number of ether oxygens (including phenoxy) is 1. The molecule has 1 aliphatic rings. The van der Waals surface area contributed by atoms with Crippen LogP contribution in [0.25, 0.3) is 0 Å². The van der Waals surface area contributed by atoms with Crippen molar-refractivity contribution in [2.24, 2.45) is 0 Å². The summed E-state index contributed by atoms with van der Waals surface area (Å²) in [5, 5.41) is 0. The average Bonchev–Trinajstić information content (AvgIpc) is 2.96. The summed E-state index contributed by atoms with van der Waals surface area (Å²) in [6, 6.07) is 3.46. The van der Waals surface area contributed by atoms with Crippen molar-refractivity contribution in [2.75, 3.05) is 13.7 Å². The third kappa shape index (κ3) is 2.40. The van der Waals surface area contributed by atoms with E-state index in [0.29, 0.717) is 25.3 Å². The Morgan fingerprint density at radius 2 is 2.00 bits per heavy atom. The van der Waals surface area contributed by atoms with Crippen molar-refractivity contribution in [2.45, 2.75) is 31.7 Å². The summed E-state index contributed by atoms with van der Waals surface area (Å²) in [5.74, 6) is 0.388. The Morgan fingerprint density at radius 3 is 2.73 bits per heavy atom. The molecule has 0 aliphatic carbocycles. The lowest BCUT2D eigenvalue weighted by molar-refractivity contribution is 0.374. The van der Waals surface area contributed by atoms with E-state index in [1.807, 2.05) is 13.8 Å². The molecule has 0 radical (unpaired) electrons. The molecule has 0 spiro atoms. The van der Waals surface area contributed by atoms with Gasteiger partial charge in [0.05, 0.1) is 31.4 Å². The number of hydrogen-bond donors (Lipinski definition) is 1. The molecule has 0 fully saturated rings. The van der Waals surface area contributed by atoms with Gasteiger partial charge in [0.15, 0.2) is 0 Å². The van der Waals surface area contributed by atoms with Crippen molar-refractivity contribution in [3.63, 3.8) is 0 Å². The van der Waals surface area contributed by atoms with Crippen LogP contribution in [0.1, 0.15) is 22.5 Å². The van der Waals surface area contributed by atoms with E-state index in [4.69, 9.17) is 4.74 Å². The van der Waals surface area contributed by atoms with Gasteiger partial charge in [-0.1, -0.05) is 0 Å². The second kappa shape index (κ2) is 5.40. The van der Waals surface area contributed by atoms with Crippen LogP contribution in [0.4, 0.5) is 0 Å². The minimum absolute atomic E-state index is 0.223. The van der Waals surface area contributed by atoms with Crippen molar-refractivity contribution in [3.05, 3.63) is 41.0 Å². The van der Waals surface area contributed by atoms with Gasteiger partial charge in [0.1, 0.15) is 10.6 Å². The number of sulfonamides is 1. The minimum Gasteiger partial charge on any atom is -0.495 e. The molecule has 3 rings (SSSR count). The maximum Gasteiger partial charge on any atom is 0.247 e. The van der Waals surface area contributed by atoms with Gasteiger partial charge >= 0.3 is 0 Å². The molecular weight excluding hydrogens is 302 g/mol. The number of rotatable bonds is 3. The lowest BCUT2D eigenvalue weighted by Gasteiger charge is -2.26. The van der Waals surface area contributed by atoms with Gasteiger partial charge in [0, 0.05) is 13.0 Å². The van der Waals surface area contributed by atoms with Gasteiger partial charge in [0.25, 0.3) is 0 Å². The Balaban J connectivity index is 2.02. The van der Waals surface area contributed by atoms with Crippen LogP contribution in [-0.2, 0) is 23.0 Å². The quantitative estimate of drug-likeness (QED) is 0.935. The largest absolute Gasteiger partial charge is 0.495 e. The van der Waals surface area contributed by atoms with Crippen LogP contribution < -0.4 is 4.74 Å². The molecular formula is C15H19N3O3S. The number of H-pyrrole nitrogens is 1. The molecule has 0 bridgehead atoms. The normalized spacial score (nSPS) is 15.6. The van der Waals surface area contributed by atoms with Crippen LogP contribution in [0.5, 0.6) is 5.75 Å². The highest BCUT2D eigenvalue weighted by molar-refractivity contribution is 7.89. The maximum absolute atomic E-state index is 13.0. The monoisotopic (exact) mass is 321 g/mol. The molecule has 1 aromatic heterocycles. The molecule has 1 aromatic carbocycles.